The molecule has 2 aliphatic heterocycles. The molecule has 2 aromatic rings. The molecule has 2 saturated heterocycles. The fraction of sp³-hybridized carbons (Fsp3) is 0.625. The van der Waals surface area contributed by atoms with Crippen LogP contribution in [-0.4, -0.2) is 82.7 Å². The van der Waals surface area contributed by atoms with Crippen LogP contribution in [-0.2, 0) is 6.54 Å². The summed E-state index contributed by atoms with van der Waals surface area (Å²) in [7, 11) is 0. The summed E-state index contributed by atoms with van der Waals surface area (Å²) < 4.78 is 2.24. The molecule has 182 valence electrons. The highest BCUT2D eigenvalue weighted by Crippen LogP contribution is 2.27. The Balaban J connectivity index is 0.00000306. The Morgan fingerprint density at radius 3 is 2.67 bits per heavy atom. The van der Waals surface area contributed by atoms with Crippen LogP contribution in [0.2, 0.25) is 0 Å². The SMILES string of the molecule is CCNC(=NCc1ccnc(N2CCN(CC)CC2)c1)N1CCC(C)C(n2ccnc2)C1.I. The molecule has 4 rings (SSSR count). The number of hydrogen-bond acceptors (Lipinski definition) is 5. The zero-order valence-corrected chi connectivity index (χ0v) is 22.6. The minimum Gasteiger partial charge on any atom is -0.357 e. The van der Waals surface area contributed by atoms with Gasteiger partial charge in [0.1, 0.15) is 5.82 Å². The van der Waals surface area contributed by atoms with E-state index in [1.807, 2.05) is 18.7 Å². The number of pyridine rings is 1. The molecule has 2 aromatic heterocycles. The van der Waals surface area contributed by atoms with Gasteiger partial charge in [0.2, 0.25) is 0 Å². The van der Waals surface area contributed by atoms with Gasteiger partial charge in [-0.1, -0.05) is 13.8 Å². The Hall–Kier alpha value is -1.88. The summed E-state index contributed by atoms with van der Waals surface area (Å²) in [5.41, 5.74) is 1.21. The van der Waals surface area contributed by atoms with Gasteiger partial charge in [0.15, 0.2) is 5.96 Å². The molecule has 0 saturated carbocycles. The van der Waals surface area contributed by atoms with Crippen molar-refractivity contribution in [3.8, 4) is 0 Å². The highest BCUT2D eigenvalue weighted by molar-refractivity contribution is 14.0. The normalized spacial score (nSPS) is 22.2. The number of guanidine groups is 1. The Bertz CT molecular complexity index is 863. The van der Waals surface area contributed by atoms with Crippen LogP contribution in [0.3, 0.4) is 0 Å². The van der Waals surface area contributed by atoms with Gasteiger partial charge in [-0.25, -0.2) is 15.0 Å². The van der Waals surface area contributed by atoms with E-state index in [1.54, 1.807) is 0 Å². The average Bonchev–Trinajstić information content (AvgIpc) is 3.37. The van der Waals surface area contributed by atoms with Gasteiger partial charge in [0, 0.05) is 64.4 Å². The van der Waals surface area contributed by atoms with Crippen LogP contribution in [0.4, 0.5) is 5.82 Å². The largest absolute Gasteiger partial charge is 0.357 e. The Morgan fingerprint density at radius 1 is 1.15 bits per heavy atom. The number of imidazole rings is 1. The third-order valence-corrected chi connectivity index (χ3v) is 6.83. The van der Waals surface area contributed by atoms with Gasteiger partial charge in [0.25, 0.3) is 0 Å². The van der Waals surface area contributed by atoms with Gasteiger partial charge in [-0.2, -0.15) is 0 Å². The van der Waals surface area contributed by atoms with Crippen LogP contribution in [0.25, 0.3) is 0 Å². The lowest BCUT2D eigenvalue weighted by Crippen LogP contribution is -2.49. The minimum absolute atomic E-state index is 0. The number of piperazine rings is 1. The highest BCUT2D eigenvalue weighted by atomic mass is 127. The molecule has 0 spiro atoms. The van der Waals surface area contributed by atoms with Gasteiger partial charge in [0.05, 0.1) is 18.9 Å². The highest BCUT2D eigenvalue weighted by Gasteiger charge is 2.29. The topological polar surface area (TPSA) is 64.8 Å². The van der Waals surface area contributed by atoms with Crippen LogP contribution in [0.1, 0.15) is 38.8 Å². The van der Waals surface area contributed by atoms with Crippen molar-refractivity contribution >= 4 is 35.8 Å². The zero-order chi connectivity index (χ0) is 22.3. The van der Waals surface area contributed by atoms with Crippen molar-refractivity contribution in [2.75, 3.05) is 57.3 Å². The summed E-state index contributed by atoms with van der Waals surface area (Å²) >= 11 is 0. The smallest absolute Gasteiger partial charge is 0.194 e. The second-order valence-electron chi connectivity index (χ2n) is 8.90. The number of aliphatic imine (C=N–C) groups is 1. The summed E-state index contributed by atoms with van der Waals surface area (Å²) in [5.74, 6) is 2.70. The summed E-state index contributed by atoms with van der Waals surface area (Å²) in [4.78, 5) is 21.2. The molecule has 0 aliphatic carbocycles. The van der Waals surface area contributed by atoms with Crippen molar-refractivity contribution < 1.29 is 0 Å². The van der Waals surface area contributed by atoms with Gasteiger partial charge in [-0.15, -0.1) is 24.0 Å². The monoisotopic (exact) mass is 566 g/mol. The van der Waals surface area contributed by atoms with Gasteiger partial charge in [-0.3, -0.25) is 0 Å². The number of nitrogens with zero attached hydrogens (tertiary/aromatic N) is 7. The molecule has 0 aromatic carbocycles. The van der Waals surface area contributed by atoms with E-state index in [9.17, 15) is 0 Å². The molecule has 0 bridgehead atoms. The maximum absolute atomic E-state index is 5.01. The molecule has 9 heteroatoms. The molecule has 2 fully saturated rings. The molecule has 0 amide bonds. The number of hydrogen-bond donors (Lipinski definition) is 1. The first-order chi connectivity index (χ1) is 15.7. The summed E-state index contributed by atoms with van der Waals surface area (Å²) in [6.45, 7) is 15.6. The third kappa shape index (κ3) is 6.59. The molecular formula is C24H39IN8. The lowest BCUT2D eigenvalue weighted by Gasteiger charge is -2.39. The maximum atomic E-state index is 5.01. The minimum atomic E-state index is 0. The number of rotatable bonds is 6. The summed E-state index contributed by atoms with van der Waals surface area (Å²) in [5, 5.41) is 3.51. The van der Waals surface area contributed by atoms with Gasteiger partial charge >= 0.3 is 0 Å². The van der Waals surface area contributed by atoms with E-state index >= 15 is 0 Å². The van der Waals surface area contributed by atoms with Gasteiger partial charge < -0.3 is 24.6 Å². The molecule has 2 aliphatic rings. The molecule has 4 heterocycles. The zero-order valence-electron chi connectivity index (χ0n) is 20.2. The van der Waals surface area contributed by atoms with E-state index in [1.165, 1.54) is 5.56 Å². The molecule has 33 heavy (non-hydrogen) atoms. The molecular weight excluding hydrogens is 527 g/mol. The van der Waals surface area contributed by atoms with Crippen LogP contribution in [0.15, 0.2) is 42.0 Å². The lowest BCUT2D eigenvalue weighted by atomic mass is 9.93. The lowest BCUT2D eigenvalue weighted by molar-refractivity contribution is 0.189. The Labute approximate surface area is 215 Å². The van der Waals surface area contributed by atoms with E-state index < -0.39 is 0 Å². The fourth-order valence-corrected chi connectivity index (χ4v) is 4.71. The van der Waals surface area contributed by atoms with E-state index in [-0.39, 0.29) is 24.0 Å². The van der Waals surface area contributed by atoms with Crippen LogP contribution in [0, 0.1) is 5.92 Å². The van der Waals surface area contributed by atoms with E-state index in [2.05, 4.69) is 73.7 Å². The summed E-state index contributed by atoms with van der Waals surface area (Å²) in [6.07, 6.45) is 8.96. The quantitative estimate of drug-likeness (QED) is 0.330. The van der Waals surface area contributed by atoms with Crippen molar-refractivity contribution in [1.82, 2.24) is 29.7 Å². The number of halogens is 1. The van der Waals surface area contributed by atoms with Crippen LogP contribution >= 0.6 is 24.0 Å². The number of aromatic nitrogens is 3. The standard InChI is InChI=1S/C24H38N8.HI/c1-4-26-24(31-10-7-20(3)22(18-31)32-11-9-25-19-32)28-17-21-6-8-27-23(16-21)30-14-12-29(5-2)13-15-30;/h6,8-9,11,16,19-20,22H,4-5,7,10,12-15,17-18H2,1-3H3,(H,26,28);1H. The molecule has 1 N–H and O–H groups in total. The van der Waals surface area contributed by atoms with E-state index in [0.29, 0.717) is 18.5 Å². The number of piperidine rings is 1. The molecule has 8 nitrogen and oxygen atoms in total. The number of anilines is 1. The summed E-state index contributed by atoms with van der Waals surface area (Å²) in [6, 6.07) is 4.72. The van der Waals surface area contributed by atoms with Crippen molar-refractivity contribution in [3.63, 3.8) is 0 Å². The first-order valence-electron chi connectivity index (χ1n) is 12.1. The molecule has 2 unspecified atom stereocenters. The number of nitrogens with one attached hydrogen (secondary N) is 1. The first kappa shape index (κ1) is 25.7. The van der Waals surface area contributed by atoms with Crippen molar-refractivity contribution in [3.05, 3.63) is 42.6 Å². The maximum Gasteiger partial charge on any atom is 0.194 e. The van der Waals surface area contributed by atoms with E-state index in [0.717, 1.165) is 70.6 Å². The second kappa shape index (κ2) is 12.5. The number of likely N-dealkylation sites (tertiary alicyclic amines) is 1. The van der Waals surface area contributed by atoms with Crippen molar-refractivity contribution in [2.45, 2.75) is 39.8 Å². The average molecular weight is 567 g/mol. The van der Waals surface area contributed by atoms with Crippen molar-refractivity contribution in [2.24, 2.45) is 10.9 Å². The predicted molar refractivity (Wildman–Crippen MR) is 145 cm³/mol. The van der Waals surface area contributed by atoms with Crippen LogP contribution in [0.5, 0.6) is 0 Å². The Morgan fingerprint density at radius 2 is 1.97 bits per heavy atom. The molecule has 0 radical (unpaired) electrons. The van der Waals surface area contributed by atoms with E-state index in [4.69, 9.17) is 4.99 Å². The third-order valence-electron chi connectivity index (χ3n) is 6.83. The second-order valence-corrected chi connectivity index (χ2v) is 8.90. The van der Waals surface area contributed by atoms with Crippen LogP contribution < -0.4 is 10.2 Å². The number of likely N-dealkylation sites (N-methyl/N-ethyl adjacent to an activating group) is 1. The van der Waals surface area contributed by atoms with Gasteiger partial charge in [-0.05, 0) is 43.5 Å². The predicted octanol–water partition coefficient (Wildman–Crippen LogP) is 3.09. The fourth-order valence-electron chi connectivity index (χ4n) is 4.71. The van der Waals surface area contributed by atoms with Crippen molar-refractivity contribution in [1.29, 1.82) is 0 Å². The molecule has 2 atom stereocenters. The Kier molecular flexibility index (Phi) is 9.78. The first-order valence-corrected chi connectivity index (χ1v) is 12.1.